The normalized spacial score (nSPS) is 14.9. The third-order valence-electron chi connectivity index (χ3n) is 5.93. The Morgan fingerprint density at radius 3 is 2.72 bits per heavy atom. The van der Waals surface area contributed by atoms with Gasteiger partial charge >= 0.3 is 5.97 Å². The molecule has 3 aromatic rings. The zero-order chi connectivity index (χ0) is 22.7. The van der Waals surface area contributed by atoms with Gasteiger partial charge in [-0.15, -0.1) is 0 Å². The Morgan fingerprint density at radius 1 is 1.22 bits per heavy atom. The van der Waals surface area contributed by atoms with Gasteiger partial charge in [0.25, 0.3) is 11.5 Å². The number of fused-ring (bicyclic) bond motifs is 2. The van der Waals surface area contributed by atoms with Crippen LogP contribution in [0.15, 0.2) is 35.3 Å². The zero-order valence-corrected chi connectivity index (χ0v) is 18.5. The number of ether oxygens (including phenoxy) is 2. The first-order chi connectivity index (χ1) is 15.5. The van der Waals surface area contributed by atoms with Gasteiger partial charge in [0, 0.05) is 39.5 Å². The lowest BCUT2D eigenvalue weighted by Crippen LogP contribution is -2.41. The van der Waals surface area contributed by atoms with Crippen molar-refractivity contribution in [2.45, 2.75) is 32.7 Å². The average molecular weight is 441 g/mol. The number of aromatic nitrogens is 3. The van der Waals surface area contributed by atoms with Crippen molar-refractivity contribution in [3.8, 4) is 0 Å². The zero-order valence-electron chi connectivity index (χ0n) is 18.5. The van der Waals surface area contributed by atoms with Crippen LogP contribution in [0.3, 0.4) is 0 Å². The van der Waals surface area contributed by atoms with Crippen molar-refractivity contribution < 1.29 is 19.1 Å². The maximum atomic E-state index is 13.5. The Hall–Kier alpha value is -3.20. The molecular weight excluding hydrogens is 412 g/mol. The Kier molecular flexibility index (Phi) is 6.55. The number of rotatable bonds is 7. The first-order valence-electron chi connectivity index (χ1n) is 11.0. The van der Waals surface area contributed by atoms with Crippen molar-refractivity contribution in [3.63, 3.8) is 0 Å². The molecule has 0 unspecified atom stereocenters. The quantitative estimate of drug-likeness (QED) is 0.413. The van der Waals surface area contributed by atoms with Crippen molar-refractivity contribution in [3.05, 3.63) is 46.5 Å². The van der Waals surface area contributed by atoms with Crippen molar-refractivity contribution in [2.75, 3.05) is 33.4 Å². The Morgan fingerprint density at radius 2 is 2.00 bits per heavy atom. The largest absolute Gasteiger partial charge is 0.466 e. The molecule has 4 heterocycles. The highest BCUT2D eigenvalue weighted by Gasteiger charge is 2.30. The van der Waals surface area contributed by atoms with Gasteiger partial charge in [0.15, 0.2) is 0 Å². The van der Waals surface area contributed by atoms with E-state index in [4.69, 9.17) is 9.47 Å². The second-order valence-corrected chi connectivity index (χ2v) is 7.93. The molecule has 1 amide bonds. The molecule has 0 spiro atoms. The first-order valence-corrected chi connectivity index (χ1v) is 11.0. The second-order valence-electron chi connectivity index (χ2n) is 7.93. The van der Waals surface area contributed by atoms with E-state index in [2.05, 4.69) is 4.98 Å². The van der Waals surface area contributed by atoms with Crippen LogP contribution in [-0.4, -0.2) is 64.1 Å². The summed E-state index contributed by atoms with van der Waals surface area (Å²) in [6.45, 7) is 4.12. The monoisotopic (exact) mass is 440 g/mol. The maximum Gasteiger partial charge on any atom is 0.309 e. The standard InChI is InChI=1S/C23H28N4O5/c1-3-32-23(30)16-8-12-25(13-9-16)22(29)18-15-17-20(26(18)11-6-14-31-2)24-19-7-4-5-10-27(19)21(17)28/h4-5,7,10,15-16H,3,6,8-9,11-14H2,1-2H3. The molecule has 0 atom stereocenters. The van der Waals surface area contributed by atoms with Crippen molar-refractivity contribution in [2.24, 2.45) is 5.92 Å². The van der Waals surface area contributed by atoms with Crippen LogP contribution >= 0.6 is 0 Å². The molecule has 1 aliphatic heterocycles. The lowest BCUT2D eigenvalue weighted by Gasteiger charge is -2.31. The van der Waals surface area contributed by atoms with Crippen molar-refractivity contribution in [1.29, 1.82) is 0 Å². The number of carbonyl (C=O) groups excluding carboxylic acids is 2. The van der Waals surface area contributed by atoms with E-state index in [9.17, 15) is 14.4 Å². The number of pyridine rings is 1. The summed E-state index contributed by atoms with van der Waals surface area (Å²) in [5.41, 5.74) is 1.27. The first kappa shape index (κ1) is 22.0. The molecule has 4 rings (SSSR count). The molecule has 1 aliphatic rings. The van der Waals surface area contributed by atoms with Crippen LogP contribution in [0, 0.1) is 5.92 Å². The number of carbonyl (C=O) groups is 2. The SMILES string of the molecule is CCOC(=O)C1CCN(C(=O)c2cc3c(=O)n4ccccc4nc3n2CCCOC)CC1. The van der Waals surface area contributed by atoms with Crippen LogP contribution in [-0.2, 0) is 20.8 Å². The number of nitrogens with zero attached hydrogens (tertiary/aromatic N) is 4. The van der Waals surface area contributed by atoms with E-state index in [-0.39, 0.29) is 23.4 Å². The summed E-state index contributed by atoms with van der Waals surface area (Å²) in [7, 11) is 1.63. The van der Waals surface area contributed by atoms with E-state index in [0.29, 0.717) is 74.5 Å². The van der Waals surface area contributed by atoms with Gasteiger partial charge in [-0.05, 0) is 44.4 Å². The van der Waals surface area contributed by atoms with Gasteiger partial charge in [-0.25, -0.2) is 4.98 Å². The number of piperidine rings is 1. The van der Waals surface area contributed by atoms with Crippen LogP contribution in [0.2, 0.25) is 0 Å². The molecule has 0 aliphatic carbocycles. The predicted octanol–water partition coefficient (Wildman–Crippen LogP) is 2.10. The molecule has 0 aromatic carbocycles. The topological polar surface area (TPSA) is 95.1 Å². The third kappa shape index (κ3) is 4.12. The van der Waals surface area contributed by atoms with E-state index < -0.39 is 0 Å². The number of likely N-dealkylation sites (tertiary alicyclic amines) is 1. The highest BCUT2D eigenvalue weighted by molar-refractivity contribution is 5.98. The van der Waals surface area contributed by atoms with E-state index in [1.165, 1.54) is 4.40 Å². The van der Waals surface area contributed by atoms with E-state index in [1.54, 1.807) is 43.3 Å². The maximum absolute atomic E-state index is 13.5. The summed E-state index contributed by atoms with van der Waals surface area (Å²) < 4.78 is 13.6. The molecule has 1 fully saturated rings. The summed E-state index contributed by atoms with van der Waals surface area (Å²) in [6.07, 6.45) is 3.49. The molecule has 170 valence electrons. The van der Waals surface area contributed by atoms with E-state index in [0.717, 1.165) is 0 Å². The highest BCUT2D eigenvalue weighted by atomic mass is 16.5. The van der Waals surface area contributed by atoms with Crippen molar-refractivity contribution in [1.82, 2.24) is 18.9 Å². The van der Waals surface area contributed by atoms with Crippen LogP contribution in [0.5, 0.6) is 0 Å². The summed E-state index contributed by atoms with van der Waals surface area (Å²) in [5, 5.41) is 0.413. The number of amides is 1. The molecule has 0 N–H and O–H groups in total. The Balaban J connectivity index is 1.68. The van der Waals surface area contributed by atoms with Crippen LogP contribution in [0.25, 0.3) is 16.7 Å². The lowest BCUT2D eigenvalue weighted by molar-refractivity contribution is -0.149. The smallest absolute Gasteiger partial charge is 0.309 e. The van der Waals surface area contributed by atoms with Gasteiger partial charge in [0.1, 0.15) is 17.0 Å². The van der Waals surface area contributed by atoms with Crippen LogP contribution in [0.4, 0.5) is 0 Å². The van der Waals surface area contributed by atoms with Crippen molar-refractivity contribution >= 4 is 28.6 Å². The molecule has 1 saturated heterocycles. The number of esters is 1. The summed E-state index contributed by atoms with van der Waals surface area (Å²) >= 11 is 0. The minimum atomic E-state index is -0.203. The molecule has 0 saturated carbocycles. The number of aryl methyl sites for hydroxylation is 1. The number of hydrogen-bond acceptors (Lipinski definition) is 6. The summed E-state index contributed by atoms with van der Waals surface area (Å²) in [4.78, 5) is 45.0. The average Bonchev–Trinajstić information content (AvgIpc) is 3.18. The number of methoxy groups -OCH3 is 1. The molecule has 0 bridgehead atoms. The fourth-order valence-electron chi connectivity index (χ4n) is 4.26. The minimum absolute atomic E-state index is 0.156. The van der Waals surface area contributed by atoms with Crippen LogP contribution in [0.1, 0.15) is 36.7 Å². The van der Waals surface area contributed by atoms with Gasteiger partial charge in [0.2, 0.25) is 0 Å². The molecule has 9 nitrogen and oxygen atoms in total. The van der Waals surface area contributed by atoms with Gasteiger partial charge in [-0.1, -0.05) is 6.07 Å². The molecule has 0 radical (unpaired) electrons. The predicted molar refractivity (Wildman–Crippen MR) is 119 cm³/mol. The molecule has 3 aromatic heterocycles. The van der Waals surface area contributed by atoms with Gasteiger partial charge < -0.3 is 18.9 Å². The molecular formula is C23H28N4O5. The molecule has 32 heavy (non-hydrogen) atoms. The Labute approximate surface area is 185 Å². The van der Waals surface area contributed by atoms with E-state index >= 15 is 0 Å². The third-order valence-corrected chi connectivity index (χ3v) is 5.93. The Bertz CT molecular complexity index is 1190. The van der Waals surface area contributed by atoms with Gasteiger partial charge in [0.05, 0.1) is 17.9 Å². The van der Waals surface area contributed by atoms with Gasteiger partial charge in [-0.3, -0.25) is 18.8 Å². The number of hydrogen-bond donors (Lipinski definition) is 0. The van der Waals surface area contributed by atoms with E-state index in [1.807, 2.05) is 10.6 Å². The fraction of sp³-hybridized carbons (Fsp3) is 0.478. The summed E-state index contributed by atoms with van der Waals surface area (Å²) in [5.74, 6) is -0.531. The van der Waals surface area contributed by atoms with Crippen LogP contribution < -0.4 is 5.56 Å². The molecule has 9 heteroatoms. The fourth-order valence-corrected chi connectivity index (χ4v) is 4.26. The van der Waals surface area contributed by atoms with Gasteiger partial charge in [-0.2, -0.15) is 0 Å². The summed E-state index contributed by atoms with van der Waals surface area (Å²) in [6, 6.07) is 7.02. The second kappa shape index (κ2) is 9.52. The minimum Gasteiger partial charge on any atom is -0.466 e. The lowest BCUT2D eigenvalue weighted by atomic mass is 9.97. The highest BCUT2D eigenvalue weighted by Crippen LogP contribution is 2.23.